The average Bonchev–Trinajstić information content (AvgIpc) is 3.27. The maximum Gasteiger partial charge on any atom is 0.257 e. The monoisotopic (exact) mass is 477 g/mol. The van der Waals surface area contributed by atoms with Crippen LogP contribution in [0.25, 0.3) is 33.7 Å². The van der Waals surface area contributed by atoms with Crippen LogP contribution in [0.15, 0.2) is 95.4 Å². The fraction of sp³-hybridized carbons (Fsp3) is 0.0690. The molecule has 4 aromatic carbocycles. The molecule has 0 bridgehead atoms. The largest absolute Gasteiger partial charge is 0.436 e. The first-order valence-electron chi connectivity index (χ1n) is 11.2. The first-order chi connectivity index (χ1) is 16.9. The van der Waals surface area contributed by atoms with Gasteiger partial charge in [0.1, 0.15) is 5.52 Å². The Morgan fingerprint density at radius 3 is 2.17 bits per heavy atom. The fourth-order valence-corrected chi connectivity index (χ4v) is 4.22. The zero-order chi connectivity index (χ0) is 24.4. The maximum atomic E-state index is 12.6. The van der Waals surface area contributed by atoms with Gasteiger partial charge < -0.3 is 9.73 Å². The molecular formula is C29H23N3O2S. The highest BCUT2D eigenvalue weighted by Gasteiger charge is 2.12. The second-order valence-electron chi connectivity index (χ2n) is 8.43. The number of oxazole rings is 1. The molecule has 0 saturated heterocycles. The van der Waals surface area contributed by atoms with Gasteiger partial charge in [-0.15, -0.1) is 0 Å². The Labute approximate surface area is 208 Å². The van der Waals surface area contributed by atoms with Gasteiger partial charge >= 0.3 is 0 Å². The number of aryl methyl sites for hydroxylation is 2. The SMILES string of the molecule is Cc1cc(C)cc(C(=O)NC(=S)Nc2ccc3oc(-c4ccc(-c5ccccc5)cc4)nc3c2)c1. The summed E-state index contributed by atoms with van der Waals surface area (Å²) in [6.07, 6.45) is 0. The molecule has 0 radical (unpaired) electrons. The third-order valence-electron chi connectivity index (χ3n) is 5.60. The smallest absolute Gasteiger partial charge is 0.257 e. The molecule has 1 aromatic heterocycles. The number of nitrogens with zero attached hydrogens (tertiary/aromatic N) is 1. The van der Waals surface area contributed by atoms with E-state index >= 15 is 0 Å². The summed E-state index contributed by atoms with van der Waals surface area (Å²) in [6.45, 7) is 3.92. The summed E-state index contributed by atoms with van der Waals surface area (Å²) in [5.41, 5.74) is 7.88. The third kappa shape index (κ3) is 5.13. The van der Waals surface area contributed by atoms with E-state index in [1.807, 2.05) is 80.6 Å². The second kappa shape index (κ2) is 9.52. The molecule has 35 heavy (non-hydrogen) atoms. The lowest BCUT2D eigenvalue weighted by Crippen LogP contribution is -2.34. The number of carbonyl (C=O) groups excluding carboxylic acids is 1. The van der Waals surface area contributed by atoms with E-state index in [2.05, 4.69) is 39.9 Å². The molecule has 1 amide bonds. The summed E-state index contributed by atoms with van der Waals surface area (Å²) < 4.78 is 5.96. The number of rotatable bonds is 4. The Bertz CT molecular complexity index is 1520. The van der Waals surface area contributed by atoms with Crippen molar-refractivity contribution in [1.29, 1.82) is 0 Å². The highest BCUT2D eigenvalue weighted by molar-refractivity contribution is 7.80. The van der Waals surface area contributed by atoms with Gasteiger partial charge in [0.15, 0.2) is 10.7 Å². The van der Waals surface area contributed by atoms with E-state index < -0.39 is 0 Å². The molecule has 0 atom stereocenters. The van der Waals surface area contributed by atoms with Crippen LogP contribution in [0.5, 0.6) is 0 Å². The standard InChI is InChI=1S/C29H23N3O2S/c1-18-14-19(2)16-23(15-18)27(33)32-29(35)30-24-12-13-26-25(17-24)31-28(34-26)22-10-8-21(9-11-22)20-6-4-3-5-7-20/h3-17H,1-2H3,(H2,30,32,33,35). The van der Waals surface area contributed by atoms with Crippen molar-refractivity contribution in [3.63, 3.8) is 0 Å². The molecule has 0 aliphatic heterocycles. The van der Waals surface area contributed by atoms with Crippen molar-refractivity contribution >= 4 is 40.0 Å². The highest BCUT2D eigenvalue weighted by Crippen LogP contribution is 2.28. The van der Waals surface area contributed by atoms with Crippen molar-refractivity contribution in [3.05, 3.63) is 108 Å². The van der Waals surface area contributed by atoms with E-state index in [4.69, 9.17) is 16.6 Å². The van der Waals surface area contributed by atoms with Crippen LogP contribution in [0.4, 0.5) is 5.69 Å². The number of benzene rings is 4. The molecule has 5 rings (SSSR count). The fourth-order valence-electron chi connectivity index (χ4n) is 4.01. The number of amides is 1. The first kappa shape index (κ1) is 22.5. The molecule has 0 saturated carbocycles. The van der Waals surface area contributed by atoms with E-state index in [0.29, 0.717) is 28.2 Å². The molecule has 5 aromatic rings. The van der Waals surface area contributed by atoms with Gasteiger partial charge in [0.2, 0.25) is 5.89 Å². The van der Waals surface area contributed by atoms with Gasteiger partial charge in [-0.05, 0) is 79.7 Å². The van der Waals surface area contributed by atoms with Gasteiger partial charge in [-0.1, -0.05) is 59.7 Å². The molecular weight excluding hydrogens is 454 g/mol. The van der Waals surface area contributed by atoms with Crippen LogP contribution in [0.2, 0.25) is 0 Å². The van der Waals surface area contributed by atoms with Crippen molar-refractivity contribution in [2.45, 2.75) is 13.8 Å². The lowest BCUT2D eigenvalue weighted by Gasteiger charge is -2.10. The molecule has 6 heteroatoms. The molecule has 1 heterocycles. The molecule has 2 N–H and O–H groups in total. The molecule has 172 valence electrons. The topological polar surface area (TPSA) is 67.2 Å². The van der Waals surface area contributed by atoms with Gasteiger partial charge in [0, 0.05) is 16.8 Å². The Balaban J connectivity index is 1.29. The summed E-state index contributed by atoms with van der Waals surface area (Å²) in [4.78, 5) is 17.2. The van der Waals surface area contributed by atoms with Gasteiger partial charge in [0.25, 0.3) is 5.91 Å². The third-order valence-corrected chi connectivity index (χ3v) is 5.80. The predicted molar refractivity (Wildman–Crippen MR) is 144 cm³/mol. The lowest BCUT2D eigenvalue weighted by molar-refractivity contribution is 0.0977. The maximum absolute atomic E-state index is 12.6. The Morgan fingerprint density at radius 1 is 0.800 bits per heavy atom. The summed E-state index contributed by atoms with van der Waals surface area (Å²) in [5, 5.41) is 6.01. The number of fused-ring (bicyclic) bond motifs is 1. The van der Waals surface area contributed by atoms with Gasteiger partial charge in [-0.25, -0.2) is 4.98 Å². The van der Waals surface area contributed by atoms with Crippen molar-refractivity contribution < 1.29 is 9.21 Å². The molecule has 0 aliphatic carbocycles. The Morgan fingerprint density at radius 2 is 1.46 bits per heavy atom. The van der Waals surface area contributed by atoms with Gasteiger partial charge in [-0.2, -0.15) is 0 Å². The first-order valence-corrected chi connectivity index (χ1v) is 11.6. The molecule has 0 spiro atoms. The van der Waals surface area contributed by atoms with Crippen LogP contribution in [0.3, 0.4) is 0 Å². The number of nitrogens with one attached hydrogen (secondary N) is 2. The Kier molecular flexibility index (Phi) is 6.12. The van der Waals surface area contributed by atoms with Gasteiger partial charge in [0.05, 0.1) is 0 Å². The van der Waals surface area contributed by atoms with Crippen molar-refractivity contribution in [3.8, 4) is 22.6 Å². The van der Waals surface area contributed by atoms with E-state index in [9.17, 15) is 4.79 Å². The van der Waals surface area contributed by atoms with Crippen molar-refractivity contribution in [2.75, 3.05) is 5.32 Å². The average molecular weight is 478 g/mol. The van der Waals surface area contributed by atoms with E-state index in [1.165, 1.54) is 0 Å². The van der Waals surface area contributed by atoms with Crippen molar-refractivity contribution in [2.24, 2.45) is 0 Å². The van der Waals surface area contributed by atoms with Crippen LogP contribution in [0, 0.1) is 13.8 Å². The minimum absolute atomic E-state index is 0.216. The van der Waals surface area contributed by atoms with E-state index in [0.717, 1.165) is 27.8 Å². The van der Waals surface area contributed by atoms with Crippen LogP contribution in [0.1, 0.15) is 21.5 Å². The van der Waals surface area contributed by atoms with Crippen LogP contribution in [-0.4, -0.2) is 16.0 Å². The van der Waals surface area contributed by atoms with E-state index in [1.54, 1.807) is 0 Å². The molecule has 5 nitrogen and oxygen atoms in total. The summed E-state index contributed by atoms with van der Waals surface area (Å²) in [5.74, 6) is 0.292. The van der Waals surface area contributed by atoms with Crippen molar-refractivity contribution in [1.82, 2.24) is 10.3 Å². The number of thiocarbonyl (C=S) groups is 1. The number of anilines is 1. The number of hydrogen-bond acceptors (Lipinski definition) is 4. The molecule has 0 unspecified atom stereocenters. The highest BCUT2D eigenvalue weighted by atomic mass is 32.1. The lowest BCUT2D eigenvalue weighted by atomic mass is 10.0. The minimum atomic E-state index is -0.252. The minimum Gasteiger partial charge on any atom is -0.436 e. The summed E-state index contributed by atoms with van der Waals surface area (Å²) in [6, 6.07) is 29.5. The van der Waals surface area contributed by atoms with Crippen LogP contribution in [-0.2, 0) is 0 Å². The molecule has 0 aliphatic rings. The second-order valence-corrected chi connectivity index (χ2v) is 8.84. The zero-order valence-corrected chi connectivity index (χ0v) is 20.1. The van der Waals surface area contributed by atoms with Gasteiger partial charge in [-0.3, -0.25) is 10.1 Å². The Hall–Kier alpha value is -4.29. The number of carbonyl (C=O) groups is 1. The van der Waals surface area contributed by atoms with E-state index in [-0.39, 0.29) is 11.0 Å². The van der Waals surface area contributed by atoms with Crippen LogP contribution >= 0.6 is 12.2 Å². The quantitative estimate of drug-likeness (QED) is 0.276. The number of hydrogen-bond donors (Lipinski definition) is 2. The summed E-state index contributed by atoms with van der Waals surface area (Å²) in [7, 11) is 0. The summed E-state index contributed by atoms with van der Waals surface area (Å²) >= 11 is 5.35. The van der Waals surface area contributed by atoms with Crippen LogP contribution < -0.4 is 10.6 Å². The molecule has 0 fully saturated rings. The number of aromatic nitrogens is 1. The zero-order valence-electron chi connectivity index (χ0n) is 19.3. The predicted octanol–water partition coefficient (Wildman–Crippen LogP) is 6.91. The normalized spacial score (nSPS) is 10.8.